The zero-order valence-corrected chi connectivity index (χ0v) is 13.0. The molecule has 0 atom stereocenters. The van der Waals surface area contributed by atoms with E-state index < -0.39 is 5.97 Å². The topological polar surface area (TPSA) is 89.2 Å². The smallest absolute Gasteiger partial charge is 0.356 e. The Balaban J connectivity index is 1.90. The van der Waals surface area contributed by atoms with Gasteiger partial charge in [0.15, 0.2) is 5.69 Å². The van der Waals surface area contributed by atoms with E-state index in [1.165, 1.54) is 12.5 Å². The number of carbonyl (C=O) groups is 2. The van der Waals surface area contributed by atoms with E-state index in [1.807, 2.05) is 17.7 Å². The molecule has 0 radical (unpaired) electrons. The second kappa shape index (κ2) is 6.57. The second-order valence-electron chi connectivity index (χ2n) is 4.39. The largest absolute Gasteiger partial charge is 0.476 e. The molecular formula is C13H15BrN4O3. The van der Waals surface area contributed by atoms with Crippen LogP contribution in [0.3, 0.4) is 0 Å². The maximum absolute atomic E-state index is 12.1. The van der Waals surface area contributed by atoms with Gasteiger partial charge in [-0.3, -0.25) is 4.79 Å². The number of hydrogen-bond acceptors (Lipinski definition) is 3. The first-order valence-corrected chi connectivity index (χ1v) is 7.19. The van der Waals surface area contributed by atoms with Crippen LogP contribution in [0.1, 0.15) is 27.9 Å². The third-order valence-electron chi connectivity index (χ3n) is 2.94. The van der Waals surface area contributed by atoms with Crippen LogP contribution in [-0.4, -0.2) is 37.6 Å². The summed E-state index contributed by atoms with van der Waals surface area (Å²) in [6, 6.07) is 1.76. The van der Waals surface area contributed by atoms with Crippen LogP contribution in [0.2, 0.25) is 0 Å². The first-order chi connectivity index (χ1) is 10.0. The Morgan fingerprint density at radius 2 is 2.19 bits per heavy atom. The fraction of sp³-hybridized carbons (Fsp3) is 0.308. The van der Waals surface area contributed by atoms with Crippen LogP contribution in [0.5, 0.6) is 0 Å². The molecule has 1 amide bonds. The van der Waals surface area contributed by atoms with Crippen molar-refractivity contribution in [2.45, 2.75) is 20.0 Å². The molecule has 0 spiro atoms. The Bertz CT molecular complexity index is 662. The summed E-state index contributed by atoms with van der Waals surface area (Å²) in [7, 11) is 0. The maximum Gasteiger partial charge on any atom is 0.356 e. The summed E-state index contributed by atoms with van der Waals surface area (Å²) in [4.78, 5) is 26.5. The van der Waals surface area contributed by atoms with Gasteiger partial charge in [0.25, 0.3) is 5.91 Å². The molecule has 0 bridgehead atoms. The lowest BCUT2D eigenvalue weighted by molar-refractivity contribution is 0.0690. The fourth-order valence-corrected chi connectivity index (χ4v) is 2.37. The van der Waals surface area contributed by atoms with Crippen LogP contribution in [0.25, 0.3) is 0 Å². The molecule has 21 heavy (non-hydrogen) atoms. The van der Waals surface area contributed by atoms with E-state index in [-0.39, 0.29) is 11.6 Å². The molecule has 0 saturated heterocycles. The van der Waals surface area contributed by atoms with Crippen molar-refractivity contribution >= 4 is 27.8 Å². The summed E-state index contributed by atoms with van der Waals surface area (Å²) in [6.45, 7) is 3.51. The highest BCUT2D eigenvalue weighted by Gasteiger charge is 2.12. The van der Waals surface area contributed by atoms with E-state index >= 15 is 0 Å². The molecule has 112 valence electrons. The van der Waals surface area contributed by atoms with Gasteiger partial charge in [-0.1, -0.05) is 0 Å². The number of nitrogens with one attached hydrogen (secondary N) is 1. The van der Waals surface area contributed by atoms with E-state index in [2.05, 4.69) is 26.2 Å². The second-order valence-corrected chi connectivity index (χ2v) is 5.30. The molecule has 0 aliphatic rings. The zero-order chi connectivity index (χ0) is 15.4. The summed E-state index contributed by atoms with van der Waals surface area (Å²) in [5.74, 6) is -1.23. The monoisotopic (exact) mass is 354 g/mol. The minimum Gasteiger partial charge on any atom is -0.476 e. The number of hydrogen-bond donors (Lipinski definition) is 2. The highest BCUT2D eigenvalue weighted by atomic mass is 79.9. The summed E-state index contributed by atoms with van der Waals surface area (Å²) >= 11 is 3.34. The van der Waals surface area contributed by atoms with Gasteiger partial charge >= 0.3 is 5.97 Å². The highest BCUT2D eigenvalue weighted by Crippen LogP contribution is 2.14. The number of carbonyl (C=O) groups excluding carboxylic acids is 1. The van der Waals surface area contributed by atoms with Gasteiger partial charge in [0.05, 0.1) is 6.33 Å². The van der Waals surface area contributed by atoms with Gasteiger partial charge in [-0.25, -0.2) is 9.78 Å². The lowest BCUT2D eigenvalue weighted by Gasteiger charge is -2.08. The number of carboxylic acids is 1. The standard InChI is InChI=1S/C13H15BrN4O3/c1-2-18-6-9(14)5-11(18)12(19)15-3-4-17-7-10(13(20)21)16-8-17/h5-8H,2-4H2,1H3,(H,15,19)(H,20,21). The highest BCUT2D eigenvalue weighted by molar-refractivity contribution is 9.10. The molecule has 0 aliphatic carbocycles. The number of halogens is 1. The molecular weight excluding hydrogens is 340 g/mol. The Kier molecular flexibility index (Phi) is 4.79. The number of carboxylic acid groups (broad SMARTS) is 1. The molecule has 2 aromatic heterocycles. The van der Waals surface area contributed by atoms with E-state index in [0.29, 0.717) is 25.3 Å². The molecule has 2 N–H and O–H groups in total. The molecule has 0 saturated carbocycles. The summed E-state index contributed by atoms with van der Waals surface area (Å²) in [6.07, 6.45) is 4.71. The number of nitrogens with zero attached hydrogens (tertiary/aromatic N) is 3. The molecule has 2 heterocycles. The SMILES string of the molecule is CCn1cc(Br)cc1C(=O)NCCn1cnc(C(=O)O)c1. The van der Waals surface area contributed by atoms with Gasteiger partial charge in [-0.05, 0) is 28.9 Å². The molecule has 8 heteroatoms. The van der Waals surface area contributed by atoms with E-state index in [4.69, 9.17) is 5.11 Å². The third-order valence-corrected chi connectivity index (χ3v) is 3.38. The molecule has 0 aromatic carbocycles. The van der Waals surface area contributed by atoms with Crippen molar-refractivity contribution in [3.8, 4) is 0 Å². The van der Waals surface area contributed by atoms with Crippen molar-refractivity contribution in [3.05, 3.63) is 40.6 Å². The van der Waals surface area contributed by atoms with E-state index in [9.17, 15) is 9.59 Å². The van der Waals surface area contributed by atoms with Crippen molar-refractivity contribution < 1.29 is 14.7 Å². The van der Waals surface area contributed by atoms with Gasteiger partial charge in [-0.15, -0.1) is 0 Å². The third kappa shape index (κ3) is 3.72. The molecule has 0 fully saturated rings. The first-order valence-electron chi connectivity index (χ1n) is 6.40. The Labute approximate surface area is 129 Å². The van der Waals surface area contributed by atoms with E-state index in [0.717, 1.165) is 4.47 Å². The molecule has 0 aliphatic heterocycles. The first kappa shape index (κ1) is 15.3. The van der Waals surface area contributed by atoms with Crippen molar-refractivity contribution in [1.82, 2.24) is 19.4 Å². The van der Waals surface area contributed by atoms with E-state index in [1.54, 1.807) is 10.6 Å². The van der Waals surface area contributed by atoms with Crippen molar-refractivity contribution in [2.75, 3.05) is 6.54 Å². The van der Waals surface area contributed by atoms with Gasteiger partial charge in [0, 0.05) is 36.5 Å². The fourth-order valence-electron chi connectivity index (χ4n) is 1.91. The Hall–Kier alpha value is -2.09. The predicted molar refractivity (Wildman–Crippen MR) is 79.3 cm³/mol. The number of amides is 1. The maximum atomic E-state index is 12.1. The van der Waals surface area contributed by atoms with Gasteiger partial charge < -0.3 is 19.6 Å². The number of aromatic carboxylic acids is 1. The predicted octanol–water partition coefficient (Wildman–Crippen LogP) is 1.60. The molecule has 2 aromatic rings. The van der Waals surface area contributed by atoms with Gasteiger partial charge in [0.2, 0.25) is 0 Å². The van der Waals surface area contributed by atoms with Crippen LogP contribution in [-0.2, 0) is 13.1 Å². The van der Waals surface area contributed by atoms with Crippen LogP contribution < -0.4 is 5.32 Å². The zero-order valence-electron chi connectivity index (χ0n) is 11.4. The quantitative estimate of drug-likeness (QED) is 0.824. The average Bonchev–Trinajstić information content (AvgIpc) is 3.05. The molecule has 0 unspecified atom stereocenters. The molecule has 2 rings (SSSR count). The van der Waals surface area contributed by atoms with Crippen molar-refractivity contribution in [1.29, 1.82) is 0 Å². The van der Waals surface area contributed by atoms with Crippen molar-refractivity contribution in [3.63, 3.8) is 0 Å². The van der Waals surface area contributed by atoms with Crippen LogP contribution in [0.15, 0.2) is 29.3 Å². The number of aryl methyl sites for hydroxylation is 1. The Morgan fingerprint density at radius 3 is 2.81 bits per heavy atom. The number of imidazole rings is 1. The number of rotatable bonds is 6. The lowest BCUT2D eigenvalue weighted by atomic mass is 10.4. The van der Waals surface area contributed by atoms with Crippen LogP contribution >= 0.6 is 15.9 Å². The molecule has 7 nitrogen and oxygen atoms in total. The summed E-state index contributed by atoms with van der Waals surface area (Å²) in [5.41, 5.74) is 0.575. The van der Waals surface area contributed by atoms with Crippen LogP contribution in [0.4, 0.5) is 0 Å². The van der Waals surface area contributed by atoms with Crippen molar-refractivity contribution in [2.24, 2.45) is 0 Å². The normalized spacial score (nSPS) is 10.6. The van der Waals surface area contributed by atoms with Crippen LogP contribution in [0, 0.1) is 0 Å². The van der Waals surface area contributed by atoms with Gasteiger partial charge in [-0.2, -0.15) is 0 Å². The lowest BCUT2D eigenvalue weighted by Crippen LogP contribution is -2.28. The minimum atomic E-state index is -1.07. The summed E-state index contributed by atoms with van der Waals surface area (Å²) in [5, 5.41) is 11.6. The van der Waals surface area contributed by atoms with Gasteiger partial charge in [0.1, 0.15) is 5.69 Å². The minimum absolute atomic E-state index is 0.00915. The average molecular weight is 355 g/mol. The number of aromatic nitrogens is 3. The Morgan fingerprint density at radius 1 is 1.43 bits per heavy atom. The summed E-state index contributed by atoms with van der Waals surface area (Å²) < 4.78 is 4.33.